The highest BCUT2D eigenvalue weighted by Crippen LogP contribution is 2.34. The molecule has 0 amide bonds. The molecule has 0 radical (unpaired) electrons. The minimum atomic E-state index is 0.637. The summed E-state index contributed by atoms with van der Waals surface area (Å²) in [5, 5.41) is 0. The molecular formula is C12H13Br. The van der Waals surface area contributed by atoms with Crippen LogP contribution in [0.25, 0.3) is 6.08 Å². The van der Waals surface area contributed by atoms with Gasteiger partial charge < -0.3 is 0 Å². The van der Waals surface area contributed by atoms with E-state index in [-0.39, 0.29) is 0 Å². The summed E-state index contributed by atoms with van der Waals surface area (Å²) in [5.74, 6) is 1.29. The monoisotopic (exact) mass is 236 g/mol. The first-order valence-electron chi connectivity index (χ1n) is 4.66. The van der Waals surface area contributed by atoms with Crippen LogP contribution in [0.4, 0.5) is 0 Å². The molecule has 0 N–H and O–H groups in total. The molecule has 68 valence electrons. The van der Waals surface area contributed by atoms with Crippen LogP contribution in [0.5, 0.6) is 0 Å². The van der Waals surface area contributed by atoms with E-state index in [0.717, 1.165) is 0 Å². The number of allylic oxidation sites excluding steroid dienone is 1. The van der Waals surface area contributed by atoms with Gasteiger partial charge in [0.05, 0.1) is 0 Å². The van der Waals surface area contributed by atoms with Gasteiger partial charge in [0.25, 0.3) is 0 Å². The fourth-order valence-electron chi connectivity index (χ4n) is 1.80. The van der Waals surface area contributed by atoms with E-state index in [1.807, 2.05) is 0 Å². The molecule has 2 atom stereocenters. The molecule has 0 saturated heterocycles. The summed E-state index contributed by atoms with van der Waals surface area (Å²) >= 11 is 3.51. The SMILES string of the molecule is CC1C=Cc2ccc(Br)cc2C1C. The molecule has 1 aliphatic rings. The van der Waals surface area contributed by atoms with Crippen molar-refractivity contribution in [1.29, 1.82) is 0 Å². The smallest absolute Gasteiger partial charge is 0.0178 e. The molecule has 1 aromatic carbocycles. The third-order valence-corrected chi connectivity index (χ3v) is 3.40. The second-order valence-electron chi connectivity index (χ2n) is 3.78. The van der Waals surface area contributed by atoms with E-state index in [4.69, 9.17) is 0 Å². The van der Waals surface area contributed by atoms with Gasteiger partial charge in [0.1, 0.15) is 0 Å². The summed E-state index contributed by atoms with van der Waals surface area (Å²) in [6.07, 6.45) is 4.52. The molecule has 0 saturated carbocycles. The highest BCUT2D eigenvalue weighted by atomic mass is 79.9. The number of hydrogen-bond donors (Lipinski definition) is 0. The van der Waals surface area contributed by atoms with Gasteiger partial charge in [0, 0.05) is 4.47 Å². The zero-order chi connectivity index (χ0) is 9.42. The fraction of sp³-hybridized carbons (Fsp3) is 0.333. The third-order valence-electron chi connectivity index (χ3n) is 2.91. The molecule has 1 aliphatic carbocycles. The Morgan fingerprint density at radius 1 is 1.23 bits per heavy atom. The van der Waals surface area contributed by atoms with Crippen molar-refractivity contribution >= 4 is 22.0 Å². The maximum Gasteiger partial charge on any atom is 0.0178 e. The van der Waals surface area contributed by atoms with Crippen LogP contribution >= 0.6 is 15.9 Å². The first kappa shape index (κ1) is 9.01. The van der Waals surface area contributed by atoms with Crippen molar-refractivity contribution in [2.75, 3.05) is 0 Å². The van der Waals surface area contributed by atoms with Gasteiger partial charge in [-0.1, -0.05) is 48.0 Å². The van der Waals surface area contributed by atoms with Gasteiger partial charge in [0.15, 0.2) is 0 Å². The highest BCUT2D eigenvalue weighted by Gasteiger charge is 2.18. The molecule has 0 spiro atoms. The van der Waals surface area contributed by atoms with Gasteiger partial charge in [-0.3, -0.25) is 0 Å². The quantitative estimate of drug-likeness (QED) is 0.633. The summed E-state index contributed by atoms with van der Waals surface area (Å²) < 4.78 is 1.18. The van der Waals surface area contributed by atoms with Gasteiger partial charge in [-0.05, 0) is 35.1 Å². The Morgan fingerprint density at radius 3 is 2.77 bits per heavy atom. The van der Waals surface area contributed by atoms with E-state index >= 15 is 0 Å². The maximum absolute atomic E-state index is 3.51. The molecule has 0 bridgehead atoms. The Bertz CT molecular complexity index is 352. The van der Waals surface area contributed by atoms with Crippen LogP contribution in [0.2, 0.25) is 0 Å². The van der Waals surface area contributed by atoms with Gasteiger partial charge in [-0.15, -0.1) is 0 Å². The summed E-state index contributed by atoms with van der Waals surface area (Å²) in [7, 11) is 0. The summed E-state index contributed by atoms with van der Waals surface area (Å²) in [6, 6.07) is 6.52. The molecule has 0 aliphatic heterocycles. The molecule has 0 fully saturated rings. The average Bonchev–Trinajstić information content (AvgIpc) is 2.12. The maximum atomic E-state index is 3.51. The normalized spacial score (nSPS) is 25.8. The van der Waals surface area contributed by atoms with Crippen LogP contribution < -0.4 is 0 Å². The van der Waals surface area contributed by atoms with Gasteiger partial charge in [-0.2, -0.15) is 0 Å². The zero-order valence-corrected chi connectivity index (χ0v) is 9.51. The number of rotatable bonds is 0. The molecule has 0 heterocycles. The second kappa shape index (κ2) is 3.30. The lowest BCUT2D eigenvalue weighted by Gasteiger charge is -2.23. The van der Waals surface area contributed by atoms with E-state index in [1.165, 1.54) is 15.6 Å². The van der Waals surface area contributed by atoms with Crippen molar-refractivity contribution in [2.24, 2.45) is 5.92 Å². The van der Waals surface area contributed by atoms with Gasteiger partial charge in [-0.25, -0.2) is 0 Å². The number of hydrogen-bond acceptors (Lipinski definition) is 0. The van der Waals surface area contributed by atoms with Gasteiger partial charge >= 0.3 is 0 Å². The molecule has 0 aromatic heterocycles. The average molecular weight is 237 g/mol. The van der Waals surface area contributed by atoms with Crippen LogP contribution in [-0.4, -0.2) is 0 Å². The molecule has 2 unspecified atom stereocenters. The number of halogens is 1. The molecule has 13 heavy (non-hydrogen) atoms. The zero-order valence-electron chi connectivity index (χ0n) is 7.92. The summed E-state index contributed by atoms with van der Waals surface area (Å²) in [4.78, 5) is 0. The van der Waals surface area contributed by atoms with Crippen molar-refractivity contribution in [2.45, 2.75) is 19.8 Å². The van der Waals surface area contributed by atoms with Crippen molar-refractivity contribution in [3.8, 4) is 0 Å². The van der Waals surface area contributed by atoms with Crippen molar-refractivity contribution < 1.29 is 0 Å². The highest BCUT2D eigenvalue weighted by molar-refractivity contribution is 9.10. The fourth-order valence-corrected chi connectivity index (χ4v) is 2.18. The van der Waals surface area contributed by atoms with Crippen molar-refractivity contribution in [3.63, 3.8) is 0 Å². The largest absolute Gasteiger partial charge is 0.0805 e. The third kappa shape index (κ3) is 1.58. The lowest BCUT2D eigenvalue weighted by atomic mass is 9.82. The van der Waals surface area contributed by atoms with Crippen molar-refractivity contribution in [3.05, 3.63) is 39.9 Å². The van der Waals surface area contributed by atoms with Gasteiger partial charge in [0.2, 0.25) is 0 Å². The summed E-state index contributed by atoms with van der Waals surface area (Å²) in [5.41, 5.74) is 2.83. The lowest BCUT2D eigenvalue weighted by Crippen LogP contribution is -2.08. The molecular weight excluding hydrogens is 224 g/mol. The van der Waals surface area contributed by atoms with E-state index < -0.39 is 0 Å². The minimum Gasteiger partial charge on any atom is -0.0805 e. The second-order valence-corrected chi connectivity index (χ2v) is 4.70. The first-order chi connectivity index (χ1) is 6.18. The molecule has 1 aromatic rings. The van der Waals surface area contributed by atoms with Crippen LogP contribution in [0.1, 0.15) is 30.9 Å². The molecule has 1 heteroatoms. The summed E-state index contributed by atoms with van der Waals surface area (Å²) in [6.45, 7) is 4.56. The Balaban J connectivity index is 2.54. The van der Waals surface area contributed by atoms with Crippen LogP contribution in [0.3, 0.4) is 0 Å². The van der Waals surface area contributed by atoms with Crippen LogP contribution in [0.15, 0.2) is 28.7 Å². The number of fused-ring (bicyclic) bond motifs is 1. The predicted molar refractivity (Wildman–Crippen MR) is 60.8 cm³/mol. The Hall–Kier alpha value is -0.560. The lowest BCUT2D eigenvalue weighted by molar-refractivity contribution is 0.585. The Morgan fingerprint density at radius 2 is 2.00 bits per heavy atom. The number of benzene rings is 1. The molecule has 2 rings (SSSR count). The Kier molecular flexibility index (Phi) is 2.29. The first-order valence-corrected chi connectivity index (χ1v) is 5.45. The van der Waals surface area contributed by atoms with Crippen LogP contribution in [0, 0.1) is 5.92 Å². The topological polar surface area (TPSA) is 0 Å². The standard InChI is InChI=1S/C12H13Br/c1-8-3-4-10-5-6-11(13)7-12(10)9(8)2/h3-9H,1-2H3. The molecule has 0 nitrogen and oxygen atoms in total. The van der Waals surface area contributed by atoms with E-state index in [2.05, 4.69) is 60.1 Å². The predicted octanol–water partition coefficient (Wildman–Crippen LogP) is 4.22. The van der Waals surface area contributed by atoms with E-state index in [9.17, 15) is 0 Å². The van der Waals surface area contributed by atoms with Crippen molar-refractivity contribution in [1.82, 2.24) is 0 Å². The van der Waals surface area contributed by atoms with E-state index in [0.29, 0.717) is 11.8 Å². The minimum absolute atomic E-state index is 0.637. The van der Waals surface area contributed by atoms with E-state index in [1.54, 1.807) is 0 Å². The Labute approximate surface area is 87.8 Å². The van der Waals surface area contributed by atoms with Crippen LogP contribution in [-0.2, 0) is 0 Å².